The first-order valence-corrected chi connectivity index (χ1v) is 11.1. The molecule has 160 valence electrons. The van der Waals surface area contributed by atoms with Crippen LogP contribution in [0.25, 0.3) is 0 Å². The van der Waals surface area contributed by atoms with Gasteiger partial charge in [0.15, 0.2) is 5.78 Å². The van der Waals surface area contributed by atoms with Gasteiger partial charge in [-0.1, -0.05) is 37.6 Å². The summed E-state index contributed by atoms with van der Waals surface area (Å²) in [5.74, 6) is -0.304. The number of allylic oxidation sites excluding steroid dienone is 4. The summed E-state index contributed by atoms with van der Waals surface area (Å²) in [6, 6.07) is 0. The molecular formula is C25H30O5. The highest BCUT2D eigenvalue weighted by atomic mass is 16.6. The number of esters is 2. The largest absolute Gasteiger partial charge is 0.469 e. The Labute approximate surface area is 177 Å². The number of rotatable bonds is 1. The third kappa shape index (κ3) is 2.27. The van der Waals surface area contributed by atoms with E-state index in [4.69, 9.17) is 9.47 Å². The van der Waals surface area contributed by atoms with Gasteiger partial charge in [-0.05, 0) is 55.6 Å². The van der Waals surface area contributed by atoms with Crippen molar-refractivity contribution in [3.8, 4) is 0 Å². The molecule has 1 spiro atoms. The van der Waals surface area contributed by atoms with E-state index >= 15 is 0 Å². The summed E-state index contributed by atoms with van der Waals surface area (Å²) in [6.45, 7) is 8.69. The number of hydrogen-bond acceptors (Lipinski definition) is 5. The van der Waals surface area contributed by atoms with E-state index < -0.39 is 5.60 Å². The number of methoxy groups -OCH3 is 1. The van der Waals surface area contributed by atoms with Crippen LogP contribution in [-0.4, -0.2) is 30.4 Å². The molecule has 0 aromatic rings. The maximum Gasteiger partial charge on any atom is 0.310 e. The predicted octanol–water partition coefficient (Wildman–Crippen LogP) is 4.08. The molecule has 30 heavy (non-hydrogen) atoms. The molecule has 6 atom stereocenters. The first-order valence-electron chi connectivity index (χ1n) is 11.1. The van der Waals surface area contributed by atoms with Crippen LogP contribution in [0.15, 0.2) is 35.5 Å². The third-order valence-electron chi connectivity index (χ3n) is 9.23. The minimum Gasteiger partial charge on any atom is -0.469 e. The quantitative estimate of drug-likeness (QED) is 0.481. The zero-order valence-corrected chi connectivity index (χ0v) is 18.1. The minimum atomic E-state index is -0.628. The topological polar surface area (TPSA) is 69.7 Å². The van der Waals surface area contributed by atoms with Crippen LogP contribution in [0.2, 0.25) is 0 Å². The van der Waals surface area contributed by atoms with Gasteiger partial charge in [-0.25, -0.2) is 0 Å². The van der Waals surface area contributed by atoms with Gasteiger partial charge in [0.1, 0.15) is 5.60 Å². The van der Waals surface area contributed by atoms with Crippen molar-refractivity contribution in [1.29, 1.82) is 0 Å². The fraction of sp³-hybridized carbons (Fsp3) is 0.640. The second kappa shape index (κ2) is 6.18. The Hall–Kier alpha value is -2.17. The molecule has 0 aromatic carbocycles. The summed E-state index contributed by atoms with van der Waals surface area (Å²) in [7, 11) is 1.44. The standard InChI is InChI=1S/C25H30O5/c1-14-11-20(27)30-25(14)10-7-19-21-17(22(28)29-4)13-15-12-16(26)5-8-23(15,2)18(21)6-9-24(19,25)3/h6,12,17,19,21H,1,5,7-11,13H2,2-4H3/t17-,19?,21?,23?,24?,25-/m1/s1. The van der Waals surface area contributed by atoms with Crippen molar-refractivity contribution in [2.75, 3.05) is 7.11 Å². The number of hydrogen-bond donors (Lipinski definition) is 0. The molecule has 3 fully saturated rings. The Balaban J connectivity index is 1.65. The summed E-state index contributed by atoms with van der Waals surface area (Å²) in [4.78, 5) is 37.3. The summed E-state index contributed by atoms with van der Waals surface area (Å²) < 4.78 is 11.2. The smallest absolute Gasteiger partial charge is 0.310 e. The molecule has 4 aliphatic carbocycles. The molecule has 5 heteroatoms. The van der Waals surface area contributed by atoms with Gasteiger partial charge < -0.3 is 9.47 Å². The Morgan fingerprint density at radius 2 is 2.03 bits per heavy atom. The van der Waals surface area contributed by atoms with Crippen LogP contribution in [-0.2, 0) is 23.9 Å². The average molecular weight is 411 g/mol. The molecule has 1 aliphatic heterocycles. The molecule has 0 radical (unpaired) electrons. The summed E-state index contributed by atoms with van der Waals surface area (Å²) in [6.07, 6.45) is 8.73. The molecule has 5 rings (SSSR count). The zero-order chi connectivity index (χ0) is 21.5. The minimum absolute atomic E-state index is 0.0398. The van der Waals surface area contributed by atoms with Crippen molar-refractivity contribution in [2.24, 2.45) is 28.6 Å². The number of ketones is 1. The van der Waals surface area contributed by atoms with Crippen LogP contribution < -0.4 is 0 Å². The first-order chi connectivity index (χ1) is 14.2. The lowest BCUT2D eigenvalue weighted by Crippen LogP contribution is -2.54. The van der Waals surface area contributed by atoms with Crippen LogP contribution >= 0.6 is 0 Å². The fourth-order valence-corrected chi connectivity index (χ4v) is 7.61. The van der Waals surface area contributed by atoms with E-state index in [1.807, 2.05) is 0 Å². The van der Waals surface area contributed by atoms with Gasteiger partial charge in [-0.15, -0.1) is 0 Å². The van der Waals surface area contributed by atoms with Gasteiger partial charge in [0.05, 0.1) is 19.4 Å². The van der Waals surface area contributed by atoms with Crippen LogP contribution in [0.3, 0.4) is 0 Å². The number of carbonyl (C=O) groups is 3. The highest BCUT2D eigenvalue weighted by Gasteiger charge is 2.68. The van der Waals surface area contributed by atoms with E-state index in [-0.39, 0.29) is 52.7 Å². The van der Waals surface area contributed by atoms with Gasteiger partial charge in [0.2, 0.25) is 0 Å². The lowest BCUT2D eigenvalue weighted by Gasteiger charge is -2.56. The van der Waals surface area contributed by atoms with Crippen LogP contribution in [0.1, 0.15) is 58.8 Å². The van der Waals surface area contributed by atoms with Crippen molar-refractivity contribution < 1.29 is 23.9 Å². The lowest BCUT2D eigenvalue weighted by molar-refractivity contribution is -0.160. The Bertz CT molecular complexity index is 941. The second-order valence-corrected chi connectivity index (χ2v) is 10.3. The number of ether oxygens (including phenoxy) is 2. The molecule has 1 heterocycles. The predicted molar refractivity (Wildman–Crippen MR) is 110 cm³/mol. The third-order valence-corrected chi connectivity index (χ3v) is 9.23. The molecular weight excluding hydrogens is 380 g/mol. The Morgan fingerprint density at radius 1 is 1.27 bits per heavy atom. The van der Waals surface area contributed by atoms with E-state index in [1.165, 1.54) is 12.7 Å². The molecule has 2 saturated carbocycles. The fourth-order valence-electron chi connectivity index (χ4n) is 7.61. The van der Waals surface area contributed by atoms with Gasteiger partial charge in [-0.3, -0.25) is 14.4 Å². The Kier molecular flexibility index (Phi) is 4.07. The lowest BCUT2D eigenvalue weighted by atomic mass is 9.48. The van der Waals surface area contributed by atoms with Crippen LogP contribution in [0, 0.1) is 28.6 Å². The van der Waals surface area contributed by atoms with Crippen LogP contribution in [0.4, 0.5) is 0 Å². The highest BCUT2D eigenvalue weighted by Crippen LogP contribution is 2.69. The highest BCUT2D eigenvalue weighted by molar-refractivity contribution is 5.92. The first kappa shape index (κ1) is 19.8. The monoisotopic (exact) mass is 410 g/mol. The van der Waals surface area contributed by atoms with Crippen molar-refractivity contribution >= 4 is 17.7 Å². The van der Waals surface area contributed by atoms with Gasteiger partial charge in [0.25, 0.3) is 0 Å². The van der Waals surface area contributed by atoms with E-state index in [2.05, 4.69) is 26.5 Å². The average Bonchev–Trinajstić information content (AvgIpc) is 3.17. The van der Waals surface area contributed by atoms with Crippen LogP contribution in [0.5, 0.6) is 0 Å². The molecule has 0 bridgehead atoms. The van der Waals surface area contributed by atoms with E-state index in [0.717, 1.165) is 36.8 Å². The molecule has 4 unspecified atom stereocenters. The maximum absolute atomic E-state index is 12.9. The summed E-state index contributed by atoms with van der Waals surface area (Å²) in [5.41, 5.74) is 2.16. The summed E-state index contributed by atoms with van der Waals surface area (Å²) in [5, 5.41) is 0. The SMILES string of the molecule is C=C1CC(=O)O[C@]12CCC1C3C(=CCC12C)C1(C)CCC(=O)C=C1C[C@H]3C(=O)OC. The van der Waals surface area contributed by atoms with E-state index in [1.54, 1.807) is 6.08 Å². The normalized spacial score (nSPS) is 44.6. The number of carbonyl (C=O) groups excluding carboxylic acids is 3. The van der Waals surface area contributed by atoms with Crippen molar-refractivity contribution in [3.63, 3.8) is 0 Å². The molecule has 5 aliphatic rings. The van der Waals surface area contributed by atoms with Crippen molar-refractivity contribution in [3.05, 3.63) is 35.5 Å². The van der Waals surface area contributed by atoms with Gasteiger partial charge in [0, 0.05) is 17.3 Å². The molecule has 0 amide bonds. The molecule has 0 aromatic heterocycles. The van der Waals surface area contributed by atoms with E-state index in [9.17, 15) is 14.4 Å². The maximum atomic E-state index is 12.9. The Morgan fingerprint density at radius 3 is 2.70 bits per heavy atom. The molecule has 1 saturated heterocycles. The van der Waals surface area contributed by atoms with Crippen molar-refractivity contribution in [1.82, 2.24) is 0 Å². The summed E-state index contributed by atoms with van der Waals surface area (Å²) >= 11 is 0. The molecule has 5 nitrogen and oxygen atoms in total. The van der Waals surface area contributed by atoms with Gasteiger partial charge in [-0.2, -0.15) is 0 Å². The van der Waals surface area contributed by atoms with Crippen molar-refractivity contribution in [2.45, 2.75) is 64.4 Å². The number of fused-ring (bicyclic) bond motifs is 6. The van der Waals surface area contributed by atoms with Gasteiger partial charge >= 0.3 is 11.9 Å². The zero-order valence-electron chi connectivity index (χ0n) is 18.1. The molecule has 0 N–H and O–H groups in total. The second-order valence-electron chi connectivity index (χ2n) is 10.3. The van der Waals surface area contributed by atoms with E-state index in [0.29, 0.717) is 12.8 Å².